The van der Waals surface area contributed by atoms with Gasteiger partial charge in [0.25, 0.3) is 0 Å². The zero-order valence-corrected chi connectivity index (χ0v) is 20.7. The van der Waals surface area contributed by atoms with E-state index in [1.807, 2.05) is 37.3 Å². The van der Waals surface area contributed by atoms with E-state index in [4.69, 9.17) is 4.74 Å². The predicted molar refractivity (Wildman–Crippen MR) is 139 cm³/mol. The van der Waals surface area contributed by atoms with Crippen LogP contribution in [0.25, 0.3) is 33.3 Å². The van der Waals surface area contributed by atoms with Gasteiger partial charge < -0.3 is 14.7 Å². The van der Waals surface area contributed by atoms with Gasteiger partial charge in [-0.1, -0.05) is 55.5 Å². The normalized spacial score (nSPS) is 14.5. The van der Waals surface area contributed by atoms with Gasteiger partial charge in [0.1, 0.15) is 5.60 Å². The summed E-state index contributed by atoms with van der Waals surface area (Å²) in [6.45, 7) is 2.50. The Morgan fingerprint density at radius 3 is 2.46 bits per heavy atom. The summed E-state index contributed by atoms with van der Waals surface area (Å²) in [4.78, 5) is 25.9. The molecule has 4 aromatic rings. The molecule has 0 unspecified atom stereocenters. The topological polar surface area (TPSA) is 121 Å². The van der Waals surface area contributed by atoms with E-state index in [0.29, 0.717) is 31.6 Å². The van der Waals surface area contributed by atoms with Crippen LogP contribution >= 0.6 is 0 Å². The van der Waals surface area contributed by atoms with Crippen molar-refractivity contribution in [3.05, 3.63) is 66.2 Å². The molecular formula is C28H29N5O4. The molecule has 2 N–H and O–H groups in total. The Labute approximate surface area is 214 Å². The van der Waals surface area contributed by atoms with Crippen LogP contribution in [0.4, 0.5) is 4.79 Å². The number of carbonyl (C=O) groups excluding carboxylic acids is 1. The van der Waals surface area contributed by atoms with E-state index in [0.717, 1.165) is 45.9 Å². The van der Waals surface area contributed by atoms with Crippen molar-refractivity contribution < 1.29 is 19.4 Å². The Kier molecular flexibility index (Phi) is 6.85. The van der Waals surface area contributed by atoms with Crippen molar-refractivity contribution in [1.29, 1.82) is 0 Å². The number of hydrogen-bond acceptors (Lipinski definition) is 6. The van der Waals surface area contributed by atoms with Crippen LogP contribution in [0, 0.1) is 0 Å². The van der Waals surface area contributed by atoms with Gasteiger partial charge in [0, 0.05) is 18.5 Å². The second-order valence-electron chi connectivity index (χ2n) is 9.55. The maximum atomic E-state index is 12.8. The van der Waals surface area contributed by atoms with E-state index < -0.39 is 11.8 Å². The molecular weight excluding hydrogens is 470 g/mol. The second-order valence-corrected chi connectivity index (χ2v) is 9.55. The number of carbonyl (C=O) groups is 2. The standard InChI is InChI=1S/C28H29N5O4/c1-2-25(34)33(18-28(37-27(35)36)13-5-6-14-28)17-19-9-10-21-16-22(12-11-20(21)15-19)23-7-3-4-8-24(23)26-29-31-32-30-26/h3-4,7-12,15-16H,2,5-6,13-14,17-18H2,1H3,(H,35,36)(H,29,30,31,32). The first-order valence-electron chi connectivity index (χ1n) is 12.5. The maximum absolute atomic E-state index is 12.8. The number of amides is 1. The summed E-state index contributed by atoms with van der Waals surface area (Å²) in [7, 11) is 0. The number of tetrazole rings is 1. The molecule has 1 heterocycles. The van der Waals surface area contributed by atoms with Crippen LogP contribution in [0.2, 0.25) is 0 Å². The summed E-state index contributed by atoms with van der Waals surface area (Å²) < 4.78 is 5.33. The number of benzene rings is 3. The second kappa shape index (κ2) is 10.4. The van der Waals surface area contributed by atoms with Crippen LogP contribution in [0.15, 0.2) is 60.7 Å². The van der Waals surface area contributed by atoms with Crippen molar-refractivity contribution in [2.24, 2.45) is 0 Å². The number of nitrogens with zero attached hydrogens (tertiary/aromatic N) is 4. The first kappa shape index (κ1) is 24.4. The molecule has 190 valence electrons. The average molecular weight is 500 g/mol. The lowest BCUT2D eigenvalue weighted by Gasteiger charge is -2.34. The van der Waals surface area contributed by atoms with Gasteiger partial charge in [-0.25, -0.2) is 9.89 Å². The largest absolute Gasteiger partial charge is 0.506 e. The summed E-state index contributed by atoms with van der Waals surface area (Å²) in [5, 5.41) is 25.7. The maximum Gasteiger partial charge on any atom is 0.506 e. The number of carboxylic acid groups (broad SMARTS) is 1. The first-order valence-corrected chi connectivity index (χ1v) is 12.5. The third-order valence-electron chi connectivity index (χ3n) is 7.07. The molecule has 37 heavy (non-hydrogen) atoms. The summed E-state index contributed by atoms with van der Waals surface area (Å²) >= 11 is 0. The van der Waals surface area contributed by atoms with Crippen molar-refractivity contribution in [3.63, 3.8) is 0 Å². The Morgan fingerprint density at radius 2 is 1.76 bits per heavy atom. The molecule has 0 atom stereocenters. The molecule has 1 aromatic heterocycles. The van der Waals surface area contributed by atoms with Gasteiger partial charge in [-0.2, -0.15) is 0 Å². The number of nitrogens with one attached hydrogen (secondary N) is 1. The van der Waals surface area contributed by atoms with E-state index in [-0.39, 0.29) is 12.5 Å². The SMILES string of the molecule is CCC(=O)N(Cc1ccc2cc(-c3ccccc3-c3nnn[nH]3)ccc2c1)CC1(OC(=O)O)CCCC1. The van der Waals surface area contributed by atoms with Crippen LogP contribution in [0.1, 0.15) is 44.6 Å². The number of aromatic nitrogens is 4. The number of fused-ring (bicyclic) bond motifs is 1. The van der Waals surface area contributed by atoms with Crippen molar-refractivity contribution >= 4 is 22.8 Å². The molecule has 0 spiro atoms. The molecule has 0 aliphatic heterocycles. The Bertz CT molecular complexity index is 1410. The molecule has 9 nitrogen and oxygen atoms in total. The first-order chi connectivity index (χ1) is 18.0. The lowest BCUT2D eigenvalue weighted by atomic mass is 9.96. The van der Waals surface area contributed by atoms with Crippen LogP contribution in [-0.2, 0) is 16.1 Å². The van der Waals surface area contributed by atoms with Crippen molar-refractivity contribution in [2.45, 2.75) is 51.2 Å². The lowest BCUT2D eigenvalue weighted by molar-refractivity contribution is -0.136. The van der Waals surface area contributed by atoms with Gasteiger partial charge in [0.2, 0.25) is 5.91 Å². The summed E-state index contributed by atoms with van der Waals surface area (Å²) in [5.41, 5.74) is 3.14. The number of aromatic amines is 1. The highest BCUT2D eigenvalue weighted by molar-refractivity contribution is 5.90. The smallest absolute Gasteiger partial charge is 0.450 e. The molecule has 1 fully saturated rings. The Morgan fingerprint density at radius 1 is 1.03 bits per heavy atom. The average Bonchev–Trinajstić information content (AvgIpc) is 3.60. The highest BCUT2D eigenvalue weighted by atomic mass is 16.7. The molecule has 3 aromatic carbocycles. The number of H-pyrrole nitrogens is 1. The molecule has 9 heteroatoms. The van der Waals surface area contributed by atoms with Crippen molar-refractivity contribution in [3.8, 4) is 22.5 Å². The van der Waals surface area contributed by atoms with Gasteiger partial charge in [-0.05, 0) is 75.7 Å². The minimum Gasteiger partial charge on any atom is -0.450 e. The highest BCUT2D eigenvalue weighted by Gasteiger charge is 2.40. The van der Waals surface area contributed by atoms with Gasteiger partial charge in [-0.15, -0.1) is 5.10 Å². The summed E-state index contributed by atoms with van der Waals surface area (Å²) in [5.74, 6) is 0.591. The third kappa shape index (κ3) is 5.30. The molecule has 0 radical (unpaired) electrons. The van der Waals surface area contributed by atoms with Crippen LogP contribution in [-0.4, -0.2) is 54.8 Å². The fourth-order valence-electron chi connectivity index (χ4n) is 5.30. The van der Waals surface area contributed by atoms with Gasteiger partial charge in [0.05, 0.1) is 6.54 Å². The Balaban J connectivity index is 1.41. The van der Waals surface area contributed by atoms with E-state index in [9.17, 15) is 14.7 Å². The zero-order valence-electron chi connectivity index (χ0n) is 20.7. The number of ether oxygens (including phenoxy) is 1. The van der Waals surface area contributed by atoms with E-state index in [2.05, 4.69) is 51.0 Å². The van der Waals surface area contributed by atoms with Gasteiger partial charge in [-0.3, -0.25) is 4.79 Å². The van der Waals surface area contributed by atoms with Crippen LogP contribution in [0.5, 0.6) is 0 Å². The minimum atomic E-state index is -1.28. The van der Waals surface area contributed by atoms with Crippen LogP contribution < -0.4 is 0 Å². The molecule has 0 bridgehead atoms. The Hall–Kier alpha value is -4.27. The number of rotatable bonds is 8. The van der Waals surface area contributed by atoms with E-state index in [1.54, 1.807) is 4.90 Å². The highest BCUT2D eigenvalue weighted by Crippen LogP contribution is 2.35. The molecule has 1 aliphatic carbocycles. The van der Waals surface area contributed by atoms with Crippen LogP contribution in [0.3, 0.4) is 0 Å². The van der Waals surface area contributed by atoms with E-state index >= 15 is 0 Å². The summed E-state index contributed by atoms with van der Waals surface area (Å²) in [6, 6.07) is 20.4. The summed E-state index contributed by atoms with van der Waals surface area (Å²) in [6.07, 6.45) is 2.14. The minimum absolute atomic E-state index is 0.0192. The monoisotopic (exact) mass is 499 g/mol. The van der Waals surface area contributed by atoms with Gasteiger partial charge >= 0.3 is 6.16 Å². The van der Waals surface area contributed by atoms with Gasteiger partial charge in [0.15, 0.2) is 5.82 Å². The van der Waals surface area contributed by atoms with E-state index in [1.165, 1.54) is 0 Å². The lowest BCUT2D eigenvalue weighted by Crippen LogP contribution is -2.46. The van der Waals surface area contributed by atoms with Crippen molar-refractivity contribution in [1.82, 2.24) is 25.5 Å². The number of hydrogen-bond donors (Lipinski definition) is 2. The molecule has 1 saturated carbocycles. The quantitative estimate of drug-likeness (QED) is 0.310. The fourth-order valence-corrected chi connectivity index (χ4v) is 5.30. The molecule has 5 rings (SSSR count). The molecule has 1 amide bonds. The fraction of sp³-hybridized carbons (Fsp3) is 0.321. The predicted octanol–water partition coefficient (Wildman–Crippen LogP) is 5.43. The molecule has 1 aliphatic rings. The van der Waals surface area contributed by atoms with Crippen molar-refractivity contribution in [2.75, 3.05) is 6.54 Å². The third-order valence-corrected chi connectivity index (χ3v) is 7.07. The molecule has 0 saturated heterocycles. The zero-order chi connectivity index (χ0) is 25.8.